The minimum atomic E-state index is -0.454. The van der Waals surface area contributed by atoms with Gasteiger partial charge in [-0.05, 0) is 37.5 Å². The zero-order chi connectivity index (χ0) is 22.9. The molecule has 0 spiro atoms. The van der Waals surface area contributed by atoms with Crippen LogP contribution in [0.4, 0.5) is 0 Å². The number of thioether (sulfide) groups is 1. The van der Waals surface area contributed by atoms with E-state index in [1.165, 1.54) is 16.7 Å². The molecule has 2 atom stereocenters. The zero-order valence-electron chi connectivity index (χ0n) is 18.6. The van der Waals surface area contributed by atoms with Crippen LogP contribution in [-0.4, -0.2) is 60.9 Å². The lowest BCUT2D eigenvalue weighted by Crippen LogP contribution is -2.47. The first-order valence-corrected chi connectivity index (χ1v) is 11.8. The van der Waals surface area contributed by atoms with E-state index < -0.39 is 5.25 Å². The lowest BCUT2D eigenvalue weighted by molar-refractivity contribution is -0.152. The van der Waals surface area contributed by atoms with Gasteiger partial charge in [-0.25, -0.2) is 0 Å². The van der Waals surface area contributed by atoms with Gasteiger partial charge >= 0.3 is 5.97 Å². The zero-order valence-corrected chi connectivity index (χ0v) is 19.4. The Morgan fingerprint density at radius 1 is 1.09 bits per heavy atom. The van der Waals surface area contributed by atoms with Gasteiger partial charge in [-0.2, -0.15) is 0 Å². The van der Waals surface area contributed by atoms with E-state index in [-0.39, 0.29) is 30.2 Å². The third-order valence-corrected chi connectivity index (χ3v) is 6.72. The number of nitrogens with zero attached hydrogens (tertiary/aromatic N) is 2. The van der Waals surface area contributed by atoms with Crippen molar-refractivity contribution in [3.8, 4) is 0 Å². The lowest BCUT2D eigenvalue weighted by Gasteiger charge is -2.33. The number of ether oxygens (including phenoxy) is 1. The molecule has 2 aromatic rings. The first-order valence-electron chi connectivity index (χ1n) is 11.0. The van der Waals surface area contributed by atoms with E-state index in [0.717, 1.165) is 23.3 Å². The molecule has 2 amide bonds. The fraction of sp³-hybridized carbons (Fsp3) is 0.400. The van der Waals surface area contributed by atoms with Crippen LogP contribution in [0.1, 0.15) is 30.6 Å². The van der Waals surface area contributed by atoms with E-state index in [1.54, 1.807) is 18.9 Å². The van der Waals surface area contributed by atoms with Gasteiger partial charge in [0.15, 0.2) is 0 Å². The highest BCUT2D eigenvalue weighted by atomic mass is 32.2. The van der Waals surface area contributed by atoms with Crippen LogP contribution in [0.5, 0.6) is 0 Å². The van der Waals surface area contributed by atoms with Crippen molar-refractivity contribution in [2.75, 3.05) is 33.3 Å². The number of piperidine rings is 1. The van der Waals surface area contributed by atoms with Crippen LogP contribution in [0.2, 0.25) is 0 Å². The molecule has 1 aliphatic rings. The molecule has 1 fully saturated rings. The van der Waals surface area contributed by atoms with Crippen LogP contribution in [0.25, 0.3) is 0 Å². The van der Waals surface area contributed by atoms with Gasteiger partial charge in [0.2, 0.25) is 11.8 Å². The second-order valence-corrected chi connectivity index (χ2v) is 9.03. The Morgan fingerprint density at radius 2 is 1.75 bits per heavy atom. The third kappa shape index (κ3) is 6.36. The summed E-state index contributed by atoms with van der Waals surface area (Å²) in [6.45, 7) is 3.03. The number of hydrogen-bond donors (Lipinski definition) is 0. The van der Waals surface area contributed by atoms with Gasteiger partial charge in [-0.3, -0.25) is 14.4 Å². The van der Waals surface area contributed by atoms with Crippen molar-refractivity contribution in [1.29, 1.82) is 0 Å². The molecule has 32 heavy (non-hydrogen) atoms. The monoisotopic (exact) mass is 454 g/mol. The van der Waals surface area contributed by atoms with Crippen molar-refractivity contribution in [2.24, 2.45) is 5.92 Å². The smallest absolute Gasteiger partial charge is 0.310 e. The number of likely N-dealkylation sites (tertiary alicyclic amines) is 1. The summed E-state index contributed by atoms with van der Waals surface area (Å²) in [5, 5.41) is -0.454. The molecular weight excluding hydrogens is 424 g/mol. The van der Waals surface area contributed by atoms with Crippen molar-refractivity contribution in [1.82, 2.24) is 9.80 Å². The van der Waals surface area contributed by atoms with Crippen LogP contribution >= 0.6 is 11.8 Å². The highest BCUT2D eigenvalue weighted by molar-refractivity contribution is 8.00. The third-order valence-electron chi connectivity index (χ3n) is 5.47. The SMILES string of the molecule is CCOC(=O)C1CCCN(C(=O)CN(C)C(=O)C(Sc2ccccc2)c2ccccc2)C1. The Morgan fingerprint density at radius 3 is 2.41 bits per heavy atom. The first kappa shape index (κ1) is 23.9. The van der Waals surface area contributed by atoms with Crippen molar-refractivity contribution in [2.45, 2.75) is 29.9 Å². The van der Waals surface area contributed by atoms with Crippen molar-refractivity contribution >= 4 is 29.5 Å². The Kier molecular flexibility index (Phi) is 8.73. The molecule has 170 valence electrons. The average Bonchev–Trinajstić information content (AvgIpc) is 2.83. The second kappa shape index (κ2) is 11.7. The summed E-state index contributed by atoms with van der Waals surface area (Å²) >= 11 is 1.47. The summed E-state index contributed by atoms with van der Waals surface area (Å²) in [6, 6.07) is 19.4. The molecule has 1 aliphatic heterocycles. The Bertz CT molecular complexity index is 907. The topological polar surface area (TPSA) is 66.9 Å². The number of carbonyl (C=O) groups excluding carboxylic acids is 3. The molecular formula is C25H30N2O4S. The second-order valence-electron chi connectivity index (χ2n) is 7.85. The van der Waals surface area contributed by atoms with Gasteiger partial charge in [0.05, 0.1) is 19.1 Å². The highest BCUT2D eigenvalue weighted by Gasteiger charge is 2.31. The molecule has 1 saturated heterocycles. The molecule has 0 aliphatic carbocycles. The molecule has 2 unspecified atom stereocenters. The van der Waals surface area contributed by atoms with Crippen LogP contribution in [0.3, 0.4) is 0 Å². The predicted octanol–water partition coefficient (Wildman–Crippen LogP) is 3.78. The summed E-state index contributed by atoms with van der Waals surface area (Å²) < 4.78 is 5.12. The maximum atomic E-state index is 13.4. The highest BCUT2D eigenvalue weighted by Crippen LogP contribution is 2.36. The summed E-state index contributed by atoms with van der Waals surface area (Å²) in [5.74, 6) is -0.819. The Balaban J connectivity index is 1.67. The summed E-state index contributed by atoms with van der Waals surface area (Å²) in [5.41, 5.74) is 0.894. The van der Waals surface area contributed by atoms with Crippen LogP contribution in [0, 0.1) is 5.92 Å². The minimum Gasteiger partial charge on any atom is -0.466 e. The molecule has 0 bridgehead atoms. The average molecular weight is 455 g/mol. The lowest BCUT2D eigenvalue weighted by atomic mass is 9.98. The maximum Gasteiger partial charge on any atom is 0.310 e. The normalized spacial score (nSPS) is 16.8. The van der Waals surface area contributed by atoms with E-state index in [2.05, 4.69) is 0 Å². The first-order chi connectivity index (χ1) is 15.5. The maximum absolute atomic E-state index is 13.4. The Hall–Kier alpha value is -2.80. The molecule has 2 aromatic carbocycles. The fourth-order valence-corrected chi connectivity index (χ4v) is 4.92. The quantitative estimate of drug-likeness (QED) is 0.449. The van der Waals surface area contributed by atoms with E-state index >= 15 is 0 Å². The van der Waals surface area contributed by atoms with Gasteiger partial charge in [0.1, 0.15) is 5.25 Å². The molecule has 0 N–H and O–H groups in total. The van der Waals surface area contributed by atoms with Gasteiger partial charge in [0, 0.05) is 25.0 Å². The molecule has 7 heteroatoms. The minimum absolute atomic E-state index is 0.0208. The van der Waals surface area contributed by atoms with Crippen molar-refractivity contribution in [3.05, 3.63) is 66.2 Å². The largest absolute Gasteiger partial charge is 0.466 e. The molecule has 1 heterocycles. The Labute approximate surface area is 193 Å². The number of amides is 2. The van der Waals surface area contributed by atoms with Crippen LogP contribution < -0.4 is 0 Å². The van der Waals surface area contributed by atoms with E-state index in [9.17, 15) is 14.4 Å². The molecule has 6 nitrogen and oxygen atoms in total. The van der Waals surface area contributed by atoms with Gasteiger partial charge in [-0.15, -0.1) is 11.8 Å². The number of carbonyl (C=O) groups is 3. The van der Waals surface area contributed by atoms with Crippen molar-refractivity contribution in [3.63, 3.8) is 0 Å². The number of benzene rings is 2. The fourth-order valence-electron chi connectivity index (χ4n) is 3.76. The van der Waals surface area contributed by atoms with E-state index in [0.29, 0.717) is 19.7 Å². The molecule has 0 aromatic heterocycles. The number of rotatable bonds is 8. The number of likely N-dealkylation sites (N-methyl/N-ethyl adjacent to an activating group) is 1. The predicted molar refractivity (Wildman–Crippen MR) is 125 cm³/mol. The van der Waals surface area contributed by atoms with Crippen LogP contribution in [0.15, 0.2) is 65.6 Å². The van der Waals surface area contributed by atoms with E-state index in [4.69, 9.17) is 4.74 Å². The summed E-state index contributed by atoms with van der Waals surface area (Å²) in [6.07, 6.45) is 1.48. The molecule has 0 saturated carbocycles. The van der Waals surface area contributed by atoms with Gasteiger partial charge in [-0.1, -0.05) is 48.5 Å². The van der Waals surface area contributed by atoms with Gasteiger partial charge in [0.25, 0.3) is 0 Å². The molecule has 0 radical (unpaired) electrons. The van der Waals surface area contributed by atoms with Crippen molar-refractivity contribution < 1.29 is 19.1 Å². The number of esters is 1. The standard InChI is InChI=1S/C25H30N2O4S/c1-3-31-25(30)20-13-10-16-27(17-20)22(28)18-26(2)24(29)23(19-11-6-4-7-12-19)32-21-14-8-5-9-15-21/h4-9,11-12,14-15,20,23H,3,10,13,16-18H2,1-2H3. The van der Waals surface area contributed by atoms with E-state index in [1.807, 2.05) is 60.7 Å². The van der Waals surface area contributed by atoms with Gasteiger partial charge < -0.3 is 14.5 Å². The summed E-state index contributed by atoms with van der Waals surface area (Å²) in [4.78, 5) is 42.6. The number of hydrogen-bond acceptors (Lipinski definition) is 5. The molecule has 3 rings (SSSR count). The van der Waals surface area contributed by atoms with Crippen LogP contribution in [-0.2, 0) is 19.1 Å². The summed E-state index contributed by atoms with van der Waals surface area (Å²) in [7, 11) is 1.66.